The van der Waals surface area contributed by atoms with Crippen LogP contribution >= 0.6 is 0 Å². The standard InChI is InChI=1S/C16H35N/c1-13(2,3)11-12-15(7,8)16(9,10)17-14(4,5)6/h17H,11-12H2,1-10H3. The molecule has 1 N–H and O–H groups in total. The van der Waals surface area contributed by atoms with Crippen LogP contribution in [0.15, 0.2) is 0 Å². The minimum atomic E-state index is 0.149. The molecular formula is C16H35N. The molecule has 0 amide bonds. The molecule has 0 unspecified atom stereocenters. The number of nitrogens with one attached hydrogen (secondary N) is 1. The topological polar surface area (TPSA) is 12.0 Å². The summed E-state index contributed by atoms with van der Waals surface area (Å²) in [6.45, 7) is 23.2. The predicted octanol–water partition coefficient (Wildman–Crippen LogP) is 5.01. The summed E-state index contributed by atoms with van der Waals surface area (Å²) in [6, 6.07) is 0. The lowest BCUT2D eigenvalue weighted by Crippen LogP contribution is -2.58. The first-order valence-corrected chi connectivity index (χ1v) is 6.96. The average Bonchev–Trinajstić information content (AvgIpc) is 1.94. The molecule has 0 aromatic rings. The number of rotatable bonds is 4. The van der Waals surface area contributed by atoms with Crippen molar-refractivity contribution in [2.75, 3.05) is 0 Å². The van der Waals surface area contributed by atoms with Crippen molar-refractivity contribution in [2.45, 2.75) is 93.2 Å². The first kappa shape index (κ1) is 17.0. The highest BCUT2D eigenvalue weighted by Gasteiger charge is 2.39. The highest BCUT2D eigenvalue weighted by molar-refractivity contribution is 4.97. The molecule has 0 radical (unpaired) electrons. The molecule has 1 nitrogen and oxygen atoms in total. The molecule has 0 aromatic heterocycles. The Hall–Kier alpha value is -0.0400. The zero-order valence-electron chi connectivity index (χ0n) is 13.9. The van der Waals surface area contributed by atoms with Crippen molar-refractivity contribution in [1.29, 1.82) is 0 Å². The molecule has 17 heavy (non-hydrogen) atoms. The fourth-order valence-corrected chi connectivity index (χ4v) is 2.11. The second-order valence-corrected chi connectivity index (χ2v) is 8.94. The third-order valence-corrected chi connectivity index (χ3v) is 3.88. The summed E-state index contributed by atoms with van der Waals surface area (Å²) in [7, 11) is 0. The first-order valence-electron chi connectivity index (χ1n) is 6.96. The van der Waals surface area contributed by atoms with Crippen LogP contribution in [0.4, 0.5) is 0 Å². The molecule has 0 heterocycles. The Labute approximate surface area is 110 Å². The van der Waals surface area contributed by atoms with Crippen molar-refractivity contribution in [3.05, 3.63) is 0 Å². The largest absolute Gasteiger partial charge is 0.307 e. The lowest BCUT2D eigenvalue weighted by Gasteiger charge is -2.47. The van der Waals surface area contributed by atoms with Gasteiger partial charge in [-0.1, -0.05) is 34.6 Å². The molecule has 0 rings (SSSR count). The summed E-state index contributed by atoms with van der Waals surface area (Å²) in [4.78, 5) is 0. The summed E-state index contributed by atoms with van der Waals surface area (Å²) in [6.07, 6.45) is 2.53. The third-order valence-electron chi connectivity index (χ3n) is 3.88. The van der Waals surface area contributed by atoms with Gasteiger partial charge in [0, 0.05) is 11.1 Å². The van der Waals surface area contributed by atoms with Crippen LogP contribution in [-0.4, -0.2) is 11.1 Å². The summed E-state index contributed by atoms with van der Waals surface area (Å²) in [5.41, 5.74) is 1.04. The minimum Gasteiger partial charge on any atom is -0.307 e. The molecule has 0 atom stereocenters. The molecule has 1 heteroatoms. The average molecular weight is 241 g/mol. The van der Waals surface area contributed by atoms with Gasteiger partial charge in [0.2, 0.25) is 0 Å². The van der Waals surface area contributed by atoms with Crippen molar-refractivity contribution >= 4 is 0 Å². The van der Waals surface area contributed by atoms with Gasteiger partial charge in [0.25, 0.3) is 0 Å². The van der Waals surface area contributed by atoms with Gasteiger partial charge in [-0.3, -0.25) is 0 Å². The molecule has 0 fully saturated rings. The van der Waals surface area contributed by atoms with E-state index >= 15 is 0 Å². The molecule has 0 bridgehead atoms. The van der Waals surface area contributed by atoms with E-state index in [1.165, 1.54) is 12.8 Å². The maximum Gasteiger partial charge on any atom is 0.0180 e. The Morgan fingerprint density at radius 3 is 1.35 bits per heavy atom. The van der Waals surface area contributed by atoms with Crippen LogP contribution < -0.4 is 5.32 Å². The Kier molecular flexibility index (Phi) is 4.90. The highest BCUT2D eigenvalue weighted by atomic mass is 15.0. The van der Waals surface area contributed by atoms with Crippen LogP contribution in [0.3, 0.4) is 0 Å². The van der Waals surface area contributed by atoms with Gasteiger partial charge in [0.15, 0.2) is 0 Å². The van der Waals surface area contributed by atoms with Gasteiger partial charge < -0.3 is 5.32 Å². The zero-order valence-corrected chi connectivity index (χ0v) is 13.9. The van der Waals surface area contributed by atoms with Gasteiger partial charge in [-0.15, -0.1) is 0 Å². The van der Waals surface area contributed by atoms with Crippen molar-refractivity contribution in [1.82, 2.24) is 5.32 Å². The molecule has 0 saturated heterocycles. The van der Waals surface area contributed by atoms with Gasteiger partial charge in [-0.2, -0.15) is 0 Å². The highest BCUT2D eigenvalue weighted by Crippen LogP contribution is 2.39. The Morgan fingerprint density at radius 1 is 0.647 bits per heavy atom. The molecule has 104 valence electrons. The second-order valence-electron chi connectivity index (χ2n) is 8.94. The van der Waals surface area contributed by atoms with E-state index in [-0.39, 0.29) is 11.1 Å². The van der Waals surface area contributed by atoms with Gasteiger partial charge in [-0.25, -0.2) is 0 Å². The molecular weight excluding hydrogens is 206 g/mol. The van der Waals surface area contributed by atoms with E-state index in [1.54, 1.807) is 0 Å². The van der Waals surface area contributed by atoms with Gasteiger partial charge in [0.05, 0.1) is 0 Å². The van der Waals surface area contributed by atoms with Crippen LogP contribution in [0.5, 0.6) is 0 Å². The van der Waals surface area contributed by atoms with E-state index in [0.717, 1.165) is 0 Å². The summed E-state index contributed by atoms with van der Waals surface area (Å²) < 4.78 is 0. The zero-order chi connectivity index (χ0) is 14.1. The fraction of sp³-hybridized carbons (Fsp3) is 1.00. The molecule has 0 saturated carbocycles. The molecule has 0 aliphatic rings. The molecule has 0 aliphatic heterocycles. The van der Waals surface area contributed by atoms with Gasteiger partial charge in [0.1, 0.15) is 0 Å². The minimum absolute atomic E-state index is 0.149. The van der Waals surface area contributed by atoms with Gasteiger partial charge >= 0.3 is 0 Å². The number of hydrogen-bond donors (Lipinski definition) is 1. The summed E-state index contributed by atoms with van der Waals surface area (Å²) >= 11 is 0. The van der Waals surface area contributed by atoms with Crippen LogP contribution in [0.1, 0.15) is 82.1 Å². The molecule has 0 aliphatic carbocycles. The normalized spacial score (nSPS) is 15.2. The quantitative estimate of drug-likeness (QED) is 0.730. The number of hydrogen-bond acceptors (Lipinski definition) is 1. The van der Waals surface area contributed by atoms with Crippen molar-refractivity contribution < 1.29 is 0 Å². The van der Waals surface area contributed by atoms with Crippen molar-refractivity contribution in [3.8, 4) is 0 Å². The Morgan fingerprint density at radius 2 is 1.06 bits per heavy atom. The lowest BCUT2D eigenvalue weighted by molar-refractivity contribution is 0.0958. The first-order chi connectivity index (χ1) is 7.16. The fourth-order valence-electron chi connectivity index (χ4n) is 2.11. The van der Waals surface area contributed by atoms with Crippen molar-refractivity contribution in [3.63, 3.8) is 0 Å². The molecule has 0 spiro atoms. The van der Waals surface area contributed by atoms with E-state index in [2.05, 4.69) is 74.6 Å². The van der Waals surface area contributed by atoms with E-state index in [0.29, 0.717) is 10.8 Å². The maximum atomic E-state index is 3.77. The van der Waals surface area contributed by atoms with Gasteiger partial charge in [-0.05, 0) is 58.3 Å². The van der Waals surface area contributed by atoms with Crippen LogP contribution in [0, 0.1) is 10.8 Å². The van der Waals surface area contributed by atoms with E-state index in [9.17, 15) is 0 Å². The third kappa shape index (κ3) is 6.45. The van der Waals surface area contributed by atoms with Crippen LogP contribution in [0.2, 0.25) is 0 Å². The Balaban J connectivity index is 4.67. The van der Waals surface area contributed by atoms with Crippen LogP contribution in [-0.2, 0) is 0 Å². The van der Waals surface area contributed by atoms with E-state index < -0.39 is 0 Å². The summed E-state index contributed by atoms with van der Waals surface area (Å²) in [5, 5.41) is 3.77. The maximum absolute atomic E-state index is 3.77. The van der Waals surface area contributed by atoms with Crippen molar-refractivity contribution in [2.24, 2.45) is 10.8 Å². The van der Waals surface area contributed by atoms with Crippen LogP contribution in [0.25, 0.3) is 0 Å². The molecule has 0 aromatic carbocycles. The van der Waals surface area contributed by atoms with E-state index in [4.69, 9.17) is 0 Å². The second kappa shape index (κ2) is 4.91. The van der Waals surface area contributed by atoms with E-state index in [1.807, 2.05) is 0 Å². The Bertz CT molecular complexity index is 235. The smallest absolute Gasteiger partial charge is 0.0180 e. The monoisotopic (exact) mass is 241 g/mol. The SMILES string of the molecule is CC(C)(C)CCC(C)(C)C(C)(C)NC(C)(C)C. The summed E-state index contributed by atoms with van der Waals surface area (Å²) in [5.74, 6) is 0. The predicted molar refractivity (Wildman–Crippen MR) is 79.4 cm³/mol. The lowest BCUT2D eigenvalue weighted by atomic mass is 9.68.